The molecule has 0 unspecified atom stereocenters. The zero-order valence-electron chi connectivity index (χ0n) is 5.55. The normalized spacial score (nSPS) is 9.30. The summed E-state index contributed by atoms with van der Waals surface area (Å²) < 4.78 is 0.881. The Kier molecular flexibility index (Phi) is 2.63. The Bertz CT molecular complexity index is 232. The fraction of sp³-hybridized carbons (Fsp3) is 0.125. The molecule has 1 aromatic rings. The zero-order chi connectivity index (χ0) is 7.40. The molecule has 0 radical (unpaired) electrons. The van der Waals surface area contributed by atoms with Crippen molar-refractivity contribution in [3.8, 4) is 0 Å². The van der Waals surface area contributed by atoms with Crippen LogP contribution in [0, 0.1) is 0 Å². The van der Waals surface area contributed by atoms with Crippen molar-refractivity contribution < 1.29 is 0 Å². The highest BCUT2D eigenvalue weighted by molar-refractivity contribution is 9.10. The summed E-state index contributed by atoms with van der Waals surface area (Å²) in [5.74, 6) is 0. The van der Waals surface area contributed by atoms with Crippen LogP contribution in [0.5, 0.6) is 0 Å². The Morgan fingerprint density at radius 2 is 2.40 bits per heavy atom. The highest BCUT2D eigenvalue weighted by Crippen LogP contribution is 2.06. The molecule has 52 valence electrons. The van der Waals surface area contributed by atoms with E-state index in [1.807, 2.05) is 24.3 Å². The van der Waals surface area contributed by atoms with Crippen LogP contribution in [0.4, 0.5) is 0 Å². The summed E-state index contributed by atoms with van der Waals surface area (Å²) in [6.07, 6.45) is 2.67. The SMILES string of the molecule is C=CCc1cccc(Br)n1. The lowest BCUT2D eigenvalue weighted by atomic mass is 10.3. The molecule has 1 heterocycles. The molecule has 0 saturated heterocycles. The van der Waals surface area contributed by atoms with Crippen molar-refractivity contribution in [1.82, 2.24) is 4.98 Å². The molecule has 0 aliphatic carbocycles. The highest BCUT2D eigenvalue weighted by atomic mass is 79.9. The van der Waals surface area contributed by atoms with Crippen LogP contribution >= 0.6 is 15.9 Å². The first-order valence-electron chi connectivity index (χ1n) is 3.05. The van der Waals surface area contributed by atoms with E-state index in [0.29, 0.717) is 0 Å². The third-order valence-electron chi connectivity index (χ3n) is 1.13. The smallest absolute Gasteiger partial charge is 0.106 e. The maximum Gasteiger partial charge on any atom is 0.106 e. The summed E-state index contributed by atoms with van der Waals surface area (Å²) in [5.41, 5.74) is 1.05. The lowest BCUT2D eigenvalue weighted by Gasteiger charge is -1.94. The minimum atomic E-state index is 0.833. The molecule has 1 rings (SSSR count). The van der Waals surface area contributed by atoms with Gasteiger partial charge in [-0.1, -0.05) is 12.1 Å². The van der Waals surface area contributed by atoms with Crippen LogP contribution < -0.4 is 0 Å². The molecule has 0 aromatic carbocycles. The van der Waals surface area contributed by atoms with Crippen LogP contribution in [0.25, 0.3) is 0 Å². The van der Waals surface area contributed by atoms with Gasteiger partial charge < -0.3 is 0 Å². The van der Waals surface area contributed by atoms with Gasteiger partial charge in [0.15, 0.2) is 0 Å². The number of hydrogen-bond acceptors (Lipinski definition) is 1. The van der Waals surface area contributed by atoms with Crippen molar-refractivity contribution in [2.45, 2.75) is 6.42 Å². The maximum atomic E-state index is 4.21. The lowest BCUT2D eigenvalue weighted by molar-refractivity contribution is 1.09. The monoisotopic (exact) mass is 197 g/mol. The quantitative estimate of drug-likeness (QED) is 0.525. The number of halogens is 1. The van der Waals surface area contributed by atoms with E-state index in [1.54, 1.807) is 0 Å². The summed E-state index contributed by atoms with van der Waals surface area (Å²) >= 11 is 3.29. The number of nitrogens with zero attached hydrogens (tertiary/aromatic N) is 1. The minimum absolute atomic E-state index is 0.833. The summed E-state index contributed by atoms with van der Waals surface area (Å²) in [7, 11) is 0. The van der Waals surface area contributed by atoms with Crippen LogP contribution in [0.15, 0.2) is 35.5 Å². The molecule has 0 amide bonds. The lowest BCUT2D eigenvalue weighted by Crippen LogP contribution is -1.85. The van der Waals surface area contributed by atoms with Crippen LogP contribution in [-0.2, 0) is 6.42 Å². The molecule has 0 bridgehead atoms. The summed E-state index contributed by atoms with van der Waals surface area (Å²) in [6.45, 7) is 3.63. The van der Waals surface area contributed by atoms with E-state index in [9.17, 15) is 0 Å². The van der Waals surface area contributed by atoms with Gasteiger partial charge in [0.25, 0.3) is 0 Å². The Hall–Kier alpha value is -0.630. The Morgan fingerprint density at radius 1 is 1.60 bits per heavy atom. The molecule has 10 heavy (non-hydrogen) atoms. The zero-order valence-corrected chi connectivity index (χ0v) is 7.13. The van der Waals surface area contributed by atoms with E-state index >= 15 is 0 Å². The topological polar surface area (TPSA) is 12.9 Å². The van der Waals surface area contributed by atoms with E-state index in [1.165, 1.54) is 0 Å². The van der Waals surface area contributed by atoms with E-state index in [2.05, 4.69) is 27.5 Å². The van der Waals surface area contributed by atoms with Crippen LogP contribution in [0.3, 0.4) is 0 Å². The van der Waals surface area contributed by atoms with Gasteiger partial charge in [0.2, 0.25) is 0 Å². The van der Waals surface area contributed by atoms with Gasteiger partial charge in [-0.3, -0.25) is 0 Å². The Morgan fingerprint density at radius 3 is 3.00 bits per heavy atom. The number of allylic oxidation sites excluding steroid dienone is 1. The molecular formula is C8H8BrN. The van der Waals surface area contributed by atoms with E-state index in [-0.39, 0.29) is 0 Å². The molecule has 1 nitrogen and oxygen atoms in total. The molecular weight excluding hydrogens is 190 g/mol. The summed E-state index contributed by atoms with van der Waals surface area (Å²) in [4.78, 5) is 4.21. The van der Waals surface area contributed by atoms with Gasteiger partial charge in [-0.25, -0.2) is 4.98 Å². The van der Waals surface area contributed by atoms with Crippen molar-refractivity contribution in [3.63, 3.8) is 0 Å². The molecule has 0 aliphatic heterocycles. The van der Waals surface area contributed by atoms with Gasteiger partial charge in [-0.2, -0.15) is 0 Å². The predicted molar refractivity (Wildman–Crippen MR) is 45.8 cm³/mol. The molecule has 0 N–H and O–H groups in total. The van der Waals surface area contributed by atoms with Crippen molar-refractivity contribution in [3.05, 3.63) is 41.2 Å². The second-order valence-corrected chi connectivity index (χ2v) is 2.76. The molecule has 0 spiro atoms. The molecule has 0 atom stereocenters. The van der Waals surface area contributed by atoms with Crippen LogP contribution in [-0.4, -0.2) is 4.98 Å². The first-order chi connectivity index (χ1) is 4.83. The van der Waals surface area contributed by atoms with E-state index in [0.717, 1.165) is 16.7 Å². The van der Waals surface area contributed by atoms with Gasteiger partial charge in [0.1, 0.15) is 4.60 Å². The van der Waals surface area contributed by atoms with Gasteiger partial charge in [0.05, 0.1) is 0 Å². The van der Waals surface area contributed by atoms with Crippen molar-refractivity contribution in [2.24, 2.45) is 0 Å². The second-order valence-electron chi connectivity index (χ2n) is 1.94. The Balaban J connectivity index is 2.84. The molecule has 1 aromatic heterocycles. The first-order valence-corrected chi connectivity index (χ1v) is 3.84. The predicted octanol–water partition coefficient (Wildman–Crippen LogP) is 2.57. The summed E-state index contributed by atoms with van der Waals surface area (Å²) in [6, 6.07) is 5.86. The summed E-state index contributed by atoms with van der Waals surface area (Å²) in [5, 5.41) is 0. The molecule has 0 saturated carbocycles. The van der Waals surface area contributed by atoms with E-state index in [4.69, 9.17) is 0 Å². The number of hydrogen-bond donors (Lipinski definition) is 0. The second kappa shape index (κ2) is 3.52. The van der Waals surface area contributed by atoms with Crippen LogP contribution in [0.1, 0.15) is 5.69 Å². The number of rotatable bonds is 2. The number of aromatic nitrogens is 1. The van der Waals surface area contributed by atoms with Gasteiger partial charge in [0, 0.05) is 12.1 Å². The minimum Gasteiger partial charge on any atom is -0.246 e. The molecule has 0 fully saturated rings. The highest BCUT2D eigenvalue weighted by Gasteiger charge is 1.90. The standard InChI is InChI=1S/C8H8BrN/c1-2-4-7-5-3-6-8(9)10-7/h2-3,5-6H,1,4H2. The van der Waals surface area contributed by atoms with E-state index < -0.39 is 0 Å². The van der Waals surface area contributed by atoms with Crippen LogP contribution in [0.2, 0.25) is 0 Å². The molecule has 0 aliphatic rings. The third kappa shape index (κ3) is 1.95. The fourth-order valence-electron chi connectivity index (χ4n) is 0.712. The fourth-order valence-corrected chi connectivity index (χ4v) is 1.09. The van der Waals surface area contributed by atoms with Gasteiger partial charge in [-0.15, -0.1) is 6.58 Å². The average Bonchev–Trinajstić information content (AvgIpc) is 1.88. The van der Waals surface area contributed by atoms with Gasteiger partial charge in [-0.05, 0) is 28.1 Å². The van der Waals surface area contributed by atoms with Crippen molar-refractivity contribution in [2.75, 3.05) is 0 Å². The maximum absolute atomic E-state index is 4.21. The molecule has 2 heteroatoms. The number of pyridine rings is 1. The van der Waals surface area contributed by atoms with Gasteiger partial charge >= 0.3 is 0 Å². The Labute approximate surface area is 68.9 Å². The van der Waals surface area contributed by atoms with Crippen molar-refractivity contribution >= 4 is 15.9 Å². The third-order valence-corrected chi connectivity index (χ3v) is 1.57. The largest absolute Gasteiger partial charge is 0.246 e. The van der Waals surface area contributed by atoms with Crippen molar-refractivity contribution in [1.29, 1.82) is 0 Å². The first kappa shape index (κ1) is 7.48. The average molecular weight is 198 g/mol.